The number of methoxy groups -OCH3 is 1. The molecule has 3 heterocycles. The summed E-state index contributed by atoms with van der Waals surface area (Å²) in [4.78, 5) is 42.7. The molecule has 1 N–H and O–H groups in total. The normalized spacial score (nSPS) is 23.2. The molecule has 3 fully saturated rings. The number of hydrogen-bond donors (Lipinski definition) is 1. The SMILES string of the molecule is COc1ccc([C@H]2CC[C@H](CN(c3cc(-c4coc(C5CC5)n4)ccn3)C(=O)[C@H]3CC[C@H](OC(=O)NC(C)C)CC3)CC2)nc1C. The van der Waals surface area contributed by atoms with Gasteiger partial charge in [-0.2, -0.15) is 0 Å². The first-order chi connectivity index (χ1) is 22.3. The van der Waals surface area contributed by atoms with E-state index in [1.54, 1.807) is 19.6 Å². The average molecular weight is 630 g/mol. The largest absolute Gasteiger partial charge is 0.495 e. The summed E-state index contributed by atoms with van der Waals surface area (Å²) in [6.07, 6.45) is 12.0. The van der Waals surface area contributed by atoms with Gasteiger partial charge in [0.25, 0.3) is 0 Å². The molecule has 3 aromatic rings. The molecular formula is C36H47N5O5. The number of rotatable bonds is 10. The fourth-order valence-electron chi connectivity index (χ4n) is 6.94. The Labute approximate surface area is 271 Å². The van der Waals surface area contributed by atoms with Crippen LogP contribution in [0.3, 0.4) is 0 Å². The van der Waals surface area contributed by atoms with Crippen molar-refractivity contribution in [3.05, 3.63) is 54.0 Å². The molecule has 3 aliphatic carbocycles. The highest BCUT2D eigenvalue weighted by Crippen LogP contribution is 2.41. The highest BCUT2D eigenvalue weighted by Gasteiger charge is 2.35. The highest BCUT2D eigenvalue weighted by atomic mass is 16.6. The van der Waals surface area contributed by atoms with E-state index in [4.69, 9.17) is 28.8 Å². The first-order valence-corrected chi connectivity index (χ1v) is 17.0. The zero-order valence-electron chi connectivity index (χ0n) is 27.5. The van der Waals surface area contributed by atoms with Crippen LogP contribution in [0.4, 0.5) is 10.6 Å². The van der Waals surface area contributed by atoms with Crippen molar-refractivity contribution in [3.63, 3.8) is 0 Å². The van der Waals surface area contributed by atoms with E-state index in [9.17, 15) is 9.59 Å². The van der Waals surface area contributed by atoms with E-state index >= 15 is 0 Å². The van der Waals surface area contributed by atoms with Crippen molar-refractivity contribution in [2.24, 2.45) is 11.8 Å². The van der Waals surface area contributed by atoms with Gasteiger partial charge in [0.05, 0.1) is 12.8 Å². The van der Waals surface area contributed by atoms with Crippen LogP contribution in [-0.4, -0.2) is 52.8 Å². The summed E-state index contributed by atoms with van der Waals surface area (Å²) < 4.78 is 16.8. The van der Waals surface area contributed by atoms with E-state index in [1.165, 1.54) is 0 Å². The van der Waals surface area contributed by atoms with Gasteiger partial charge in [0, 0.05) is 47.8 Å². The van der Waals surface area contributed by atoms with Gasteiger partial charge in [-0.05, 0) is 115 Å². The molecule has 6 rings (SSSR count). The van der Waals surface area contributed by atoms with Gasteiger partial charge < -0.3 is 19.2 Å². The Kier molecular flexibility index (Phi) is 9.89. The molecule has 0 bridgehead atoms. The van der Waals surface area contributed by atoms with Crippen LogP contribution in [0.5, 0.6) is 5.75 Å². The Bertz CT molecular complexity index is 1500. The summed E-state index contributed by atoms with van der Waals surface area (Å²) in [7, 11) is 1.68. The number of nitrogens with one attached hydrogen (secondary N) is 1. The predicted molar refractivity (Wildman–Crippen MR) is 175 cm³/mol. The lowest BCUT2D eigenvalue weighted by atomic mass is 9.79. The Balaban J connectivity index is 1.16. The van der Waals surface area contributed by atoms with Gasteiger partial charge in [-0.25, -0.2) is 14.8 Å². The number of aryl methyl sites for hydroxylation is 1. The van der Waals surface area contributed by atoms with Crippen molar-refractivity contribution in [1.29, 1.82) is 0 Å². The lowest BCUT2D eigenvalue weighted by Gasteiger charge is -2.35. The van der Waals surface area contributed by atoms with Crippen LogP contribution in [0.2, 0.25) is 0 Å². The van der Waals surface area contributed by atoms with E-state index in [0.29, 0.717) is 55.8 Å². The number of ether oxygens (including phenoxy) is 2. The maximum atomic E-state index is 14.3. The van der Waals surface area contributed by atoms with Gasteiger partial charge in [0.2, 0.25) is 5.91 Å². The van der Waals surface area contributed by atoms with Gasteiger partial charge >= 0.3 is 6.09 Å². The van der Waals surface area contributed by atoms with Crippen LogP contribution in [0.25, 0.3) is 11.3 Å². The minimum atomic E-state index is -0.388. The summed E-state index contributed by atoms with van der Waals surface area (Å²) in [5, 5.41) is 2.79. The van der Waals surface area contributed by atoms with E-state index in [2.05, 4.69) is 11.4 Å². The number of alkyl carbamates (subject to hydrolysis) is 1. The van der Waals surface area contributed by atoms with Crippen LogP contribution in [-0.2, 0) is 9.53 Å². The molecule has 0 aliphatic heterocycles. The second-order valence-corrected chi connectivity index (χ2v) is 13.6. The molecule has 10 heteroatoms. The Morgan fingerprint density at radius 2 is 1.72 bits per heavy atom. The second-order valence-electron chi connectivity index (χ2n) is 13.6. The molecule has 46 heavy (non-hydrogen) atoms. The van der Waals surface area contributed by atoms with Crippen LogP contribution < -0.4 is 15.0 Å². The molecule has 0 unspecified atom stereocenters. The number of anilines is 1. The summed E-state index contributed by atoms with van der Waals surface area (Å²) in [5.74, 6) is 3.41. The number of nitrogens with zero attached hydrogens (tertiary/aromatic N) is 4. The maximum Gasteiger partial charge on any atom is 0.407 e. The van der Waals surface area contributed by atoms with Crippen LogP contribution in [0, 0.1) is 18.8 Å². The molecule has 3 aromatic heterocycles. The third-order valence-electron chi connectivity index (χ3n) is 9.72. The number of oxazole rings is 1. The Hall–Kier alpha value is -3.95. The van der Waals surface area contributed by atoms with Crippen molar-refractivity contribution in [2.45, 2.75) is 109 Å². The summed E-state index contributed by atoms with van der Waals surface area (Å²) >= 11 is 0. The van der Waals surface area contributed by atoms with Gasteiger partial charge in [-0.1, -0.05) is 0 Å². The number of carbonyl (C=O) groups excluding carboxylic acids is 2. The van der Waals surface area contributed by atoms with Gasteiger partial charge in [0.1, 0.15) is 29.6 Å². The molecule has 3 aliphatic rings. The monoisotopic (exact) mass is 629 g/mol. The van der Waals surface area contributed by atoms with E-state index in [1.807, 2.05) is 43.9 Å². The first-order valence-electron chi connectivity index (χ1n) is 17.0. The summed E-state index contributed by atoms with van der Waals surface area (Å²) in [5.41, 5.74) is 3.72. The van der Waals surface area contributed by atoms with Crippen molar-refractivity contribution < 1.29 is 23.5 Å². The molecule has 246 valence electrons. The molecule has 0 radical (unpaired) electrons. The Morgan fingerprint density at radius 1 is 0.978 bits per heavy atom. The van der Waals surface area contributed by atoms with E-state index in [0.717, 1.165) is 72.8 Å². The van der Waals surface area contributed by atoms with Crippen LogP contribution >= 0.6 is 0 Å². The number of aromatic nitrogens is 3. The number of amides is 2. The van der Waals surface area contributed by atoms with Crippen molar-refractivity contribution >= 4 is 17.8 Å². The van der Waals surface area contributed by atoms with Crippen molar-refractivity contribution in [3.8, 4) is 17.0 Å². The average Bonchev–Trinajstić information content (AvgIpc) is 3.79. The molecule has 0 atom stereocenters. The number of hydrogen-bond acceptors (Lipinski definition) is 8. The standard InChI is InChI=1S/C36H47N5O5/c1-22(2)38-36(43)46-29-13-11-27(12-14-29)35(42)41(33-19-28(17-18-37-33)31-21-45-34(40-31)26-9-10-26)20-24-5-7-25(8-6-24)30-15-16-32(44-4)23(3)39-30/h15-19,21-22,24-27,29H,5-14,20H2,1-4H3,(H,38,43)/t24-,25-,27-,29-. The molecule has 2 amide bonds. The Morgan fingerprint density at radius 3 is 2.39 bits per heavy atom. The van der Waals surface area contributed by atoms with Crippen LogP contribution in [0.1, 0.15) is 107 Å². The summed E-state index contributed by atoms with van der Waals surface area (Å²) in [6.45, 7) is 6.43. The second kappa shape index (κ2) is 14.2. The zero-order valence-corrected chi connectivity index (χ0v) is 27.5. The lowest BCUT2D eigenvalue weighted by Crippen LogP contribution is -2.43. The van der Waals surface area contributed by atoms with E-state index in [-0.39, 0.29) is 30.1 Å². The molecule has 0 saturated heterocycles. The van der Waals surface area contributed by atoms with E-state index < -0.39 is 0 Å². The number of pyridine rings is 2. The predicted octanol–water partition coefficient (Wildman–Crippen LogP) is 7.33. The third kappa shape index (κ3) is 7.70. The highest BCUT2D eigenvalue weighted by molar-refractivity contribution is 5.94. The summed E-state index contributed by atoms with van der Waals surface area (Å²) in [6, 6.07) is 8.04. The minimum Gasteiger partial charge on any atom is -0.495 e. The quantitative estimate of drug-likeness (QED) is 0.248. The van der Waals surface area contributed by atoms with Crippen molar-refractivity contribution in [1.82, 2.24) is 20.3 Å². The van der Waals surface area contributed by atoms with Gasteiger partial charge in [-0.15, -0.1) is 0 Å². The van der Waals surface area contributed by atoms with Gasteiger partial charge in [0.15, 0.2) is 5.89 Å². The molecule has 10 nitrogen and oxygen atoms in total. The smallest absolute Gasteiger partial charge is 0.407 e. The van der Waals surface area contributed by atoms with Crippen molar-refractivity contribution in [2.75, 3.05) is 18.6 Å². The first kappa shape index (κ1) is 32.0. The maximum absolute atomic E-state index is 14.3. The lowest BCUT2D eigenvalue weighted by molar-refractivity contribution is -0.124. The van der Waals surface area contributed by atoms with Gasteiger partial charge in [-0.3, -0.25) is 14.7 Å². The molecule has 0 aromatic carbocycles. The fraction of sp³-hybridized carbons (Fsp3) is 0.583. The molecule has 0 spiro atoms. The van der Waals surface area contributed by atoms with Crippen LogP contribution in [0.15, 0.2) is 41.1 Å². The molecular weight excluding hydrogens is 582 g/mol. The zero-order chi connectivity index (χ0) is 32.2. The minimum absolute atomic E-state index is 0.0198. The topological polar surface area (TPSA) is 120 Å². The third-order valence-corrected chi connectivity index (χ3v) is 9.72. The molecule has 3 saturated carbocycles. The fourth-order valence-corrected chi connectivity index (χ4v) is 6.94. The number of carbonyl (C=O) groups is 2.